The van der Waals surface area contributed by atoms with E-state index in [-0.39, 0.29) is 18.5 Å². The maximum Gasteiger partial charge on any atom is 0.0761 e. The van der Waals surface area contributed by atoms with Gasteiger partial charge in [0.15, 0.2) is 0 Å². The van der Waals surface area contributed by atoms with Gasteiger partial charge in [0.05, 0.1) is 6.10 Å². The van der Waals surface area contributed by atoms with Crippen molar-refractivity contribution in [2.75, 3.05) is 0 Å². The quantitative estimate of drug-likeness (QED) is 0.812. The number of aromatic nitrogens is 1. The molecule has 0 aliphatic heterocycles. The fourth-order valence-electron chi connectivity index (χ4n) is 2.17. The highest BCUT2D eigenvalue weighted by atomic mass is 35.5. The van der Waals surface area contributed by atoms with Crippen molar-refractivity contribution >= 4 is 12.4 Å². The second-order valence-electron chi connectivity index (χ2n) is 4.98. The molecule has 1 heterocycles. The molecule has 2 rings (SSSR count). The molecule has 0 aliphatic carbocycles. The predicted molar refractivity (Wildman–Crippen MR) is 85.2 cm³/mol. The number of hydrogen-bond donors (Lipinski definition) is 1. The van der Waals surface area contributed by atoms with Crippen LogP contribution in [0.4, 0.5) is 0 Å². The van der Waals surface area contributed by atoms with E-state index < -0.39 is 0 Å². The van der Waals surface area contributed by atoms with Gasteiger partial charge in [0.1, 0.15) is 0 Å². The number of hydrogen-bond acceptors (Lipinski definition) is 2. The van der Waals surface area contributed by atoms with Crippen LogP contribution in [0.25, 0.3) is 0 Å². The third-order valence-electron chi connectivity index (χ3n) is 3.39. The molecule has 0 aliphatic rings. The fourth-order valence-corrected chi connectivity index (χ4v) is 2.17. The molecule has 1 N–H and O–H groups in total. The van der Waals surface area contributed by atoms with Crippen LogP contribution in [0.3, 0.4) is 0 Å². The molecule has 0 spiro atoms. The van der Waals surface area contributed by atoms with Crippen molar-refractivity contribution in [3.05, 3.63) is 65.5 Å². The van der Waals surface area contributed by atoms with E-state index >= 15 is 0 Å². The van der Waals surface area contributed by atoms with Crippen molar-refractivity contribution in [3.63, 3.8) is 0 Å². The molecule has 2 aromatic rings. The Labute approximate surface area is 127 Å². The molecule has 108 valence electrons. The molecule has 0 saturated carbocycles. The number of benzene rings is 1. The second-order valence-corrected chi connectivity index (χ2v) is 4.98. The number of nitrogens with zero attached hydrogens (tertiary/aromatic N) is 1. The molecule has 0 amide bonds. The summed E-state index contributed by atoms with van der Waals surface area (Å²) in [5, 5.41) is 9.45. The van der Waals surface area contributed by atoms with Crippen molar-refractivity contribution in [2.45, 2.75) is 38.7 Å². The van der Waals surface area contributed by atoms with Crippen LogP contribution in [0.15, 0.2) is 48.8 Å². The summed E-state index contributed by atoms with van der Waals surface area (Å²) in [6.07, 6.45) is 7.94. The molecule has 0 bridgehead atoms. The van der Waals surface area contributed by atoms with Crippen LogP contribution in [-0.2, 0) is 12.8 Å². The first-order valence-electron chi connectivity index (χ1n) is 6.91. The van der Waals surface area contributed by atoms with Gasteiger partial charge in [-0.05, 0) is 61.4 Å². The zero-order valence-electron chi connectivity index (χ0n) is 11.8. The van der Waals surface area contributed by atoms with E-state index in [1.54, 1.807) is 6.92 Å². The van der Waals surface area contributed by atoms with Gasteiger partial charge in [-0.15, -0.1) is 12.4 Å². The van der Waals surface area contributed by atoms with Gasteiger partial charge in [-0.2, -0.15) is 0 Å². The Morgan fingerprint density at radius 1 is 0.900 bits per heavy atom. The first kappa shape index (κ1) is 16.7. The first-order valence-corrected chi connectivity index (χ1v) is 6.91. The van der Waals surface area contributed by atoms with Crippen LogP contribution in [0.5, 0.6) is 0 Å². The molecule has 0 radical (unpaired) electrons. The van der Waals surface area contributed by atoms with Crippen molar-refractivity contribution in [1.82, 2.24) is 4.98 Å². The highest BCUT2D eigenvalue weighted by molar-refractivity contribution is 5.85. The lowest BCUT2D eigenvalue weighted by atomic mass is 10.0. The monoisotopic (exact) mass is 291 g/mol. The Balaban J connectivity index is 0.00000200. The highest BCUT2D eigenvalue weighted by Gasteiger charge is 2.00. The maximum absolute atomic E-state index is 9.45. The van der Waals surface area contributed by atoms with Gasteiger partial charge in [0.25, 0.3) is 0 Å². The molecule has 1 aromatic carbocycles. The second kappa shape index (κ2) is 8.72. The Morgan fingerprint density at radius 2 is 1.40 bits per heavy atom. The van der Waals surface area contributed by atoms with E-state index in [0.29, 0.717) is 0 Å². The molecule has 2 nitrogen and oxygen atoms in total. The minimum atomic E-state index is -0.374. The number of rotatable bonds is 6. The molecular weight excluding hydrogens is 270 g/mol. The van der Waals surface area contributed by atoms with Crippen molar-refractivity contribution in [2.24, 2.45) is 0 Å². The van der Waals surface area contributed by atoms with Gasteiger partial charge in [-0.1, -0.05) is 24.3 Å². The van der Waals surface area contributed by atoms with Crippen LogP contribution in [-0.4, -0.2) is 10.1 Å². The van der Waals surface area contributed by atoms with Gasteiger partial charge in [0, 0.05) is 12.4 Å². The Morgan fingerprint density at radius 3 is 1.90 bits per heavy atom. The molecule has 0 fully saturated rings. The van der Waals surface area contributed by atoms with E-state index in [1.807, 2.05) is 24.5 Å². The molecule has 1 atom stereocenters. The van der Waals surface area contributed by atoms with Crippen molar-refractivity contribution in [3.8, 4) is 0 Å². The van der Waals surface area contributed by atoms with E-state index in [4.69, 9.17) is 0 Å². The predicted octanol–water partition coefficient (Wildman–Crippen LogP) is 4.12. The van der Waals surface area contributed by atoms with Crippen LogP contribution in [0, 0.1) is 0 Å². The van der Waals surface area contributed by atoms with Gasteiger partial charge in [0.2, 0.25) is 0 Å². The third-order valence-corrected chi connectivity index (χ3v) is 3.39. The Kier molecular flexibility index (Phi) is 7.27. The normalized spacial score (nSPS) is 11.7. The summed E-state index contributed by atoms with van der Waals surface area (Å²) in [6, 6.07) is 12.4. The zero-order valence-corrected chi connectivity index (χ0v) is 12.6. The summed E-state index contributed by atoms with van der Waals surface area (Å²) < 4.78 is 0. The van der Waals surface area contributed by atoms with Gasteiger partial charge < -0.3 is 5.11 Å². The molecule has 1 unspecified atom stereocenters. The average molecular weight is 292 g/mol. The topological polar surface area (TPSA) is 33.1 Å². The number of aliphatic hydroxyl groups is 1. The maximum atomic E-state index is 9.45. The van der Waals surface area contributed by atoms with Gasteiger partial charge in [-0.25, -0.2) is 0 Å². The van der Waals surface area contributed by atoms with E-state index in [2.05, 4.69) is 29.2 Å². The van der Waals surface area contributed by atoms with Gasteiger partial charge in [-0.3, -0.25) is 4.98 Å². The van der Waals surface area contributed by atoms with Crippen molar-refractivity contribution < 1.29 is 5.11 Å². The third kappa shape index (κ3) is 5.32. The SMILES string of the molecule is CC(O)c1ccc(CCCCc2ccncc2)cc1.Cl. The molecular formula is C17H22ClNO. The lowest BCUT2D eigenvalue weighted by Crippen LogP contribution is -1.93. The van der Waals surface area contributed by atoms with Crippen LogP contribution in [0.2, 0.25) is 0 Å². The average Bonchev–Trinajstić information content (AvgIpc) is 2.45. The standard InChI is InChI=1S/C17H21NO.ClH/c1-14(19)17-8-6-15(7-9-17)4-2-3-5-16-10-12-18-13-11-16;/h6-14,19H,2-5H2,1H3;1H. The summed E-state index contributed by atoms with van der Waals surface area (Å²) in [5.74, 6) is 0. The van der Waals surface area contributed by atoms with Crippen molar-refractivity contribution in [1.29, 1.82) is 0 Å². The smallest absolute Gasteiger partial charge is 0.0761 e. The summed E-state index contributed by atoms with van der Waals surface area (Å²) >= 11 is 0. The van der Waals surface area contributed by atoms with E-state index in [1.165, 1.54) is 24.0 Å². The summed E-state index contributed by atoms with van der Waals surface area (Å²) in [7, 11) is 0. The van der Waals surface area contributed by atoms with E-state index in [9.17, 15) is 5.11 Å². The lowest BCUT2D eigenvalue weighted by Gasteiger charge is -2.06. The first-order chi connectivity index (χ1) is 9.25. The molecule has 0 saturated heterocycles. The summed E-state index contributed by atoms with van der Waals surface area (Å²) in [6.45, 7) is 1.80. The van der Waals surface area contributed by atoms with Gasteiger partial charge >= 0.3 is 0 Å². The lowest BCUT2D eigenvalue weighted by molar-refractivity contribution is 0.199. The fraction of sp³-hybridized carbons (Fsp3) is 0.353. The number of unbranched alkanes of at least 4 members (excludes halogenated alkanes) is 1. The van der Waals surface area contributed by atoms with Crippen LogP contribution in [0.1, 0.15) is 42.6 Å². The van der Waals surface area contributed by atoms with Crippen LogP contribution >= 0.6 is 12.4 Å². The minimum absolute atomic E-state index is 0. The summed E-state index contributed by atoms with van der Waals surface area (Å²) in [4.78, 5) is 4.02. The Bertz CT molecular complexity index is 482. The highest BCUT2D eigenvalue weighted by Crippen LogP contribution is 2.14. The minimum Gasteiger partial charge on any atom is -0.389 e. The number of pyridine rings is 1. The number of aryl methyl sites for hydroxylation is 2. The number of aliphatic hydroxyl groups excluding tert-OH is 1. The van der Waals surface area contributed by atoms with Crippen LogP contribution < -0.4 is 0 Å². The summed E-state index contributed by atoms with van der Waals surface area (Å²) in [5.41, 5.74) is 3.69. The van der Waals surface area contributed by atoms with E-state index in [0.717, 1.165) is 18.4 Å². The number of halogens is 1. The molecule has 3 heteroatoms. The largest absolute Gasteiger partial charge is 0.389 e. The Hall–Kier alpha value is -1.38. The zero-order chi connectivity index (χ0) is 13.5. The molecule has 1 aromatic heterocycles. The molecule has 20 heavy (non-hydrogen) atoms.